The van der Waals surface area contributed by atoms with Crippen LogP contribution in [-0.2, 0) is 9.59 Å². The van der Waals surface area contributed by atoms with E-state index in [4.69, 9.17) is 0 Å². The minimum absolute atomic E-state index is 0.0816. The van der Waals surface area contributed by atoms with Crippen LogP contribution >= 0.6 is 0 Å². The number of nitro benzene ring substituents is 1. The smallest absolute Gasteiger partial charge is 0.295 e. The van der Waals surface area contributed by atoms with Crippen LogP contribution in [0.4, 0.5) is 5.69 Å². The second kappa shape index (κ2) is 6.44. The molecule has 1 aliphatic rings. The summed E-state index contributed by atoms with van der Waals surface area (Å²) in [7, 11) is 1.43. The van der Waals surface area contributed by atoms with Crippen molar-refractivity contribution in [1.29, 1.82) is 0 Å². The van der Waals surface area contributed by atoms with Gasteiger partial charge in [-0.25, -0.2) is 0 Å². The topological polar surface area (TPSA) is 101 Å². The van der Waals surface area contributed by atoms with Gasteiger partial charge >= 0.3 is 0 Å². The first-order chi connectivity index (χ1) is 12.3. The van der Waals surface area contributed by atoms with Crippen LogP contribution < -0.4 is 0 Å². The van der Waals surface area contributed by atoms with Gasteiger partial charge in [0, 0.05) is 24.7 Å². The van der Waals surface area contributed by atoms with Crippen LogP contribution in [0.2, 0.25) is 0 Å². The molecule has 0 radical (unpaired) electrons. The van der Waals surface area contributed by atoms with Gasteiger partial charge in [0.05, 0.1) is 16.5 Å². The lowest BCUT2D eigenvalue weighted by Crippen LogP contribution is -2.24. The molecular weight excluding hydrogens is 336 g/mol. The predicted octanol–water partition coefficient (Wildman–Crippen LogP) is 2.95. The summed E-state index contributed by atoms with van der Waals surface area (Å²) < 4.78 is 0. The fraction of sp³-hybridized carbons (Fsp3) is 0.158. The van der Waals surface area contributed by atoms with Crippen molar-refractivity contribution in [2.75, 3.05) is 7.05 Å². The van der Waals surface area contributed by atoms with Crippen LogP contribution in [0.5, 0.6) is 0 Å². The number of nitrogens with zero attached hydrogens (tertiary/aromatic N) is 2. The third-order valence-corrected chi connectivity index (χ3v) is 4.40. The maximum Gasteiger partial charge on any atom is 0.295 e. The number of carbonyl (C=O) groups is 2. The number of amides is 1. The molecule has 1 saturated heterocycles. The number of likely N-dealkylation sites (N-methyl/N-ethyl adjacent to an activating group) is 1. The van der Waals surface area contributed by atoms with Gasteiger partial charge in [-0.05, 0) is 12.5 Å². The summed E-state index contributed by atoms with van der Waals surface area (Å²) in [5.41, 5.74) is 1.53. The second-order valence-electron chi connectivity index (χ2n) is 6.13. The molecule has 7 heteroatoms. The average Bonchev–Trinajstić information content (AvgIpc) is 2.86. The fourth-order valence-electron chi connectivity index (χ4n) is 3.01. The first-order valence-electron chi connectivity index (χ1n) is 7.87. The van der Waals surface area contributed by atoms with Gasteiger partial charge in [0.15, 0.2) is 0 Å². The van der Waals surface area contributed by atoms with Gasteiger partial charge in [0.2, 0.25) is 0 Å². The fourth-order valence-corrected chi connectivity index (χ4v) is 3.01. The van der Waals surface area contributed by atoms with E-state index in [2.05, 4.69) is 0 Å². The molecule has 1 N–H and O–H groups in total. The number of rotatable bonds is 3. The van der Waals surface area contributed by atoms with E-state index in [-0.39, 0.29) is 17.0 Å². The summed E-state index contributed by atoms with van der Waals surface area (Å²) in [6.07, 6.45) is 0. The van der Waals surface area contributed by atoms with Crippen molar-refractivity contribution in [1.82, 2.24) is 4.90 Å². The highest BCUT2D eigenvalue weighted by molar-refractivity contribution is 6.46. The zero-order valence-electron chi connectivity index (χ0n) is 14.2. The zero-order valence-corrected chi connectivity index (χ0v) is 14.2. The first kappa shape index (κ1) is 17.3. The predicted molar refractivity (Wildman–Crippen MR) is 94.3 cm³/mol. The van der Waals surface area contributed by atoms with Crippen molar-refractivity contribution >= 4 is 23.1 Å². The molecule has 1 aliphatic heterocycles. The van der Waals surface area contributed by atoms with E-state index in [1.54, 1.807) is 30.3 Å². The quantitative estimate of drug-likeness (QED) is 0.301. The number of non-ortho nitro benzene ring substituents is 1. The van der Waals surface area contributed by atoms with Gasteiger partial charge < -0.3 is 10.0 Å². The van der Waals surface area contributed by atoms with Crippen LogP contribution in [0.3, 0.4) is 0 Å². The Kier molecular flexibility index (Phi) is 4.29. The Hall–Kier alpha value is -3.48. The lowest BCUT2D eigenvalue weighted by Gasteiger charge is -2.20. The lowest BCUT2D eigenvalue weighted by atomic mass is 9.95. The number of nitro groups is 1. The Morgan fingerprint density at radius 2 is 1.81 bits per heavy atom. The summed E-state index contributed by atoms with van der Waals surface area (Å²) in [4.78, 5) is 36.3. The van der Waals surface area contributed by atoms with Gasteiger partial charge in [0.25, 0.3) is 17.4 Å². The van der Waals surface area contributed by atoms with Crippen molar-refractivity contribution in [3.8, 4) is 0 Å². The van der Waals surface area contributed by atoms with Crippen LogP contribution in [-0.4, -0.2) is 33.7 Å². The Morgan fingerprint density at radius 1 is 1.15 bits per heavy atom. The third kappa shape index (κ3) is 2.83. The van der Waals surface area contributed by atoms with E-state index < -0.39 is 22.7 Å². The number of benzene rings is 2. The molecule has 2 aromatic carbocycles. The summed E-state index contributed by atoms with van der Waals surface area (Å²) in [6.45, 7) is 1.89. The molecule has 26 heavy (non-hydrogen) atoms. The van der Waals surface area contributed by atoms with Crippen LogP contribution in [0, 0.1) is 17.0 Å². The number of Topliss-reactive ketones (excluding diaryl/α,β-unsaturated/α-hetero) is 1. The molecule has 2 aromatic rings. The highest BCUT2D eigenvalue weighted by atomic mass is 16.6. The first-order valence-corrected chi connectivity index (χ1v) is 7.87. The number of hydrogen-bond acceptors (Lipinski definition) is 5. The van der Waals surface area contributed by atoms with Crippen molar-refractivity contribution in [3.63, 3.8) is 0 Å². The highest BCUT2D eigenvalue weighted by Gasteiger charge is 2.44. The summed E-state index contributed by atoms with van der Waals surface area (Å²) in [5, 5.41) is 21.7. The van der Waals surface area contributed by atoms with Crippen molar-refractivity contribution in [2.24, 2.45) is 0 Å². The molecule has 1 unspecified atom stereocenters. The van der Waals surface area contributed by atoms with E-state index >= 15 is 0 Å². The molecule has 0 aromatic heterocycles. The third-order valence-electron chi connectivity index (χ3n) is 4.40. The summed E-state index contributed by atoms with van der Waals surface area (Å²) >= 11 is 0. The maximum absolute atomic E-state index is 12.5. The van der Waals surface area contributed by atoms with Crippen molar-refractivity contribution in [3.05, 3.63) is 80.9 Å². The van der Waals surface area contributed by atoms with Gasteiger partial charge in [-0.3, -0.25) is 19.7 Å². The number of ketones is 1. The molecular formula is C19H16N2O5. The molecule has 132 valence electrons. The molecule has 1 fully saturated rings. The van der Waals surface area contributed by atoms with E-state index in [9.17, 15) is 24.8 Å². The minimum atomic E-state index is -0.892. The number of aryl methyl sites for hydroxylation is 1. The Labute approximate surface area is 149 Å². The van der Waals surface area contributed by atoms with Gasteiger partial charge in [-0.1, -0.05) is 42.0 Å². The van der Waals surface area contributed by atoms with Gasteiger partial charge in [-0.2, -0.15) is 0 Å². The van der Waals surface area contributed by atoms with Crippen LogP contribution in [0.15, 0.2) is 54.1 Å². The second-order valence-corrected chi connectivity index (χ2v) is 6.13. The van der Waals surface area contributed by atoms with Gasteiger partial charge in [-0.15, -0.1) is 0 Å². The molecule has 3 rings (SSSR count). The van der Waals surface area contributed by atoms with Crippen molar-refractivity contribution < 1.29 is 19.6 Å². The molecule has 1 atom stereocenters. The number of carbonyl (C=O) groups excluding carboxylic acids is 2. The normalized spacial score (nSPS) is 19.0. The number of likely N-dealkylation sites (tertiary alicyclic amines) is 1. The molecule has 1 heterocycles. The SMILES string of the molecule is Cc1ccc(C(O)=C2C(=O)C(=O)N(C)C2c2cccc([N+](=O)[O-])c2)cc1. The average molecular weight is 352 g/mol. The molecule has 0 bridgehead atoms. The van der Waals surface area contributed by atoms with E-state index in [1.165, 1.54) is 30.1 Å². The van der Waals surface area contributed by atoms with Crippen LogP contribution in [0.1, 0.15) is 22.7 Å². The molecule has 0 spiro atoms. The van der Waals surface area contributed by atoms with Crippen LogP contribution in [0.25, 0.3) is 5.76 Å². The standard InChI is InChI=1S/C19H16N2O5/c1-11-6-8-12(9-7-11)17(22)15-16(20(2)19(24)18(15)23)13-4-3-5-14(10-13)21(25)26/h3-10,16,22H,1-2H3. The molecule has 0 aliphatic carbocycles. The maximum atomic E-state index is 12.5. The zero-order chi connectivity index (χ0) is 19.0. The Morgan fingerprint density at radius 3 is 2.42 bits per heavy atom. The monoisotopic (exact) mass is 352 g/mol. The number of aliphatic hydroxyl groups excluding tert-OH is 1. The van der Waals surface area contributed by atoms with E-state index in [1.807, 2.05) is 6.92 Å². The van der Waals surface area contributed by atoms with E-state index in [0.717, 1.165) is 5.56 Å². The largest absolute Gasteiger partial charge is 0.507 e. The van der Waals surface area contributed by atoms with E-state index in [0.29, 0.717) is 11.1 Å². The molecule has 0 saturated carbocycles. The Balaban J connectivity index is 2.18. The summed E-state index contributed by atoms with van der Waals surface area (Å²) in [6, 6.07) is 11.7. The lowest BCUT2D eigenvalue weighted by molar-refractivity contribution is -0.384. The Bertz CT molecular complexity index is 947. The molecule has 7 nitrogen and oxygen atoms in total. The van der Waals surface area contributed by atoms with Crippen molar-refractivity contribution in [2.45, 2.75) is 13.0 Å². The molecule has 1 amide bonds. The van der Waals surface area contributed by atoms with Gasteiger partial charge in [0.1, 0.15) is 5.76 Å². The minimum Gasteiger partial charge on any atom is -0.507 e. The summed E-state index contributed by atoms with van der Waals surface area (Å²) in [5.74, 6) is -1.89. The number of hydrogen-bond donors (Lipinski definition) is 1. The number of aliphatic hydroxyl groups is 1. The highest BCUT2D eigenvalue weighted by Crippen LogP contribution is 2.39.